The second-order valence-electron chi connectivity index (χ2n) is 4.87. The molecule has 102 valence electrons. The topological polar surface area (TPSA) is 69.1 Å². The van der Waals surface area contributed by atoms with Gasteiger partial charge >= 0.3 is 0 Å². The van der Waals surface area contributed by atoms with Crippen molar-refractivity contribution in [1.82, 2.24) is 19.6 Å². The maximum atomic E-state index is 5.64. The maximum absolute atomic E-state index is 5.64. The third kappa shape index (κ3) is 1.86. The highest BCUT2D eigenvalue weighted by molar-refractivity contribution is 5.79. The Morgan fingerprint density at radius 2 is 1.76 bits per heavy atom. The lowest BCUT2D eigenvalue weighted by atomic mass is 10.1. The van der Waals surface area contributed by atoms with Crippen LogP contribution in [0.3, 0.4) is 0 Å². The van der Waals surface area contributed by atoms with Crippen LogP contribution in [0.2, 0.25) is 0 Å². The van der Waals surface area contributed by atoms with Crippen molar-refractivity contribution in [3.63, 3.8) is 0 Å². The molecule has 0 radical (unpaired) electrons. The summed E-state index contributed by atoms with van der Waals surface area (Å²) in [4.78, 5) is 4.40. The molecule has 2 N–H and O–H groups in total. The Morgan fingerprint density at radius 3 is 2.57 bits per heavy atom. The van der Waals surface area contributed by atoms with Crippen molar-refractivity contribution in [3.05, 3.63) is 60.3 Å². The maximum Gasteiger partial charge on any atom is 0.180 e. The lowest BCUT2D eigenvalue weighted by Crippen LogP contribution is -1.97. The fourth-order valence-corrected chi connectivity index (χ4v) is 2.48. The first kappa shape index (κ1) is 12.0. The Labute approximate surface area is 121 Å². The van der Waals surface area contributed by atoms with Crippen molar-refractivity contribution in [2.24, 2.45) is 5.73 Å². The van der Waals surface area contributed by atoms with E-state index in [1.54, 1.807) is 6.20 Å². The summed E-state index contributed by atoms with van der Waals surface area (Å²) in [6.45, 7) is 0.535. The Balaban J connectivity index is 2.01. The van der Waals surface area contributed by atoms with E-state index in [1.165, 1.54) is 0 Å². The van der Waals surface area contributed by atoms with E-state index >= 15 is 0 Å². The van der Waals surface area contributed by atoms with E-state index in [0.717, 1.165) is 33.6 Å². The van der Waals surface area contributed by atoms with Crippen molar-refractivity contribution in [3.8, 4) is 11.4 Å². The van der Waals surface area contributed by atoms with Crippen LogP contribution in [0.1, 0.15) is 5.56 Å². The molecule has 5 heteroatoms. The number of para-hydroxylation sites is 2. The molecule has 0 saturated heterocycles. The van der Waals surface area contributed by atoms with Gasteiger partial charge in [0.25, 0.3) is 0 Å². The van der Waals surface area contributed by atoms with Crippen molar-refractivity contribution >= 4 is 16.7 Å². The van der Waals surface area contributed by atoms with Crippen LogP contribution in [0.15, 0.2) is 54.7 Å². The number of hydrogen-bond acceptors (Lipinski definition) is 4. The number of fused-ring (bicyclic) bond motifs is 3. The lowest BCUT2D eigenvalue weighted by molar-refractivity contribution is 1.07. The summed E-state index contributed by atoms with van der Waals surface area (Å²) in [6, 6.07) is 16.0. The first-order chi connectivity index (χ1) is 10.4. The zero-order valence-electron chi connectivity index (χ0n) is 11.3. The van der Waals surface area contributed by atoms with Gasteiger partial charge in [-0.2, -0.15) is 0 Å². The molecule has 0 fully saturated rings. The van der Waals surface area contributed by atoms with Gasteiger partial charge in [0.2, 0.25) is 0 Å². The molecule has 2 aromatic carbocycles. The van der Waals surface area contributed by atoms with Gasteiger partial charge in [-0.05, 0) is 17.7 Å². The third-order valence-corrected chi connectivity index (χ3v) is 3.58. The number of nitrogens with zero attached hydrogens (tertiary/aromatic N) is 4. The van der Waals surface area contributed by atoms with Gasteiger partial charge in [-0.25, -0.2) is 0 Å². The van der Waals surface area contributed by atoms with Crippen LogP contribution < -0.4 is 5.73 Å². The Morgan fingerprint density at radius 1 is 0.952 bits per heavy atom. The summed E-state index contributed by atoms with van der Waals surface area (Å²) < 4.78 is 2.03. The van der Waals surface area contributed by atoms with Gasteiger partial charge < -0.3 is 5.73 Å². The van der Waals surface area contributed by atoms with Crippen LogP contribution in [0, 0.1) is 0 Å². The molecule has 5 nitrogen and oxygen atoms in total. The van der Waals surface area contributed by atoms with Crippen LogP contribution in [0.4, 0.5) is 0 Å². The molecular weight excluding hydrogens is 262 g/mol. The average molecular weight is 275 g/mol. The summed E-state index contributed by atoms with van der Waals surface area (Å²) in [5.74, 6) is 0.812. The highest BCUT2D eigenvalue weighted by Gasteiger charge is 2.11. The van der Waals surface area contributed by atoms with E-state index in [1.807, 2.05) is 52.9 Å². The van der Waals surface area contributed by atoms with Crippen molar-refractivity contribution in [1.29, 1.82) is 0 Å². The molecule has 2 heterocycles. The van der Waals surface area contributed by atoms with E-state index in [4.69, 9.17) is 5.73 Å². The molecule has 0 aliphatic carbocycles. The van der Waals surface area contributed by atoms with Crippen molar-refractivity contribution < 1.29 is 0 Å². The number of hydrogen-bond donors (Lipinski definition) is 1. The Bertz CT molecular complexity index is 924. The SMILES string of the molecule is NCc1ccc(-c2nnc3cnc4ccccc4n23)cc1. The number of aromatic nitrogens is 4. The Hall–Kier alpha value is -2.79. The smallest absolute Gasteiger partial charge is 0.180 e. The molecule has 0 aliphatic heterocycles. The zero-order valence-corrected chi connectivity index (χ0v) is 11.3. The van der Waals surface area contributed by atoms with Crippen molar-refractivity contribution in [2.75, 3.05) is 0 Å². The summed E-state index contributed by atoms with van der Waals surface area (Å²) in [5.41, 5.74) is 10.4. The van der Waals surface area contributed by atoms with Gasteiger partial charge in [0.15, 0.2) is 11.5 Å². The predicted octanol–water partition coefficient (Wildman–Crippen LogP) is 2.40. The minimum atomic E-state index is 0.535. The number of rotatable bonds is 2. The van der Waals surface area contributed by atoms with Gasteiger partial charge in [0, 0.05) is 12.1 Å². The minimum Gasteiger partial charge on any atom is -0.326 e. The van der Waals surface area contributed by atoms with Gasteiger partial charge in [-0.1, -0.05) is 36.4 Å². The predicted molar refractivity (Wildman–Crippen MR) is 81.6 cm³/mol. The van der Waals surface area contributed by atoms with E-state index in [-0.39, 0.29) is 0 Å². The van der Waals surface area contributed by atoms with E-state index in [0.29, 0.717) is 6.54 Å². The summed E-state index contributed by atoms with van der Waals surface area (Å²) >= 11 is 0. The molecule has 0 atom stereocenters. The number of benzene rings is 2. The molecule has 4 rings (SSSR count). The standard InChI is InChI=1S/C16H13N5/c17-9-11-5-7-12(8-6-11)16-20-19-15-10-18-13-3-1-2-4-14(13)21(15)16/h1-8,10H,9,17H2. The fourth-order valence-electron chi connectivity index (χ4n) is 2.48. The molecular formula is C16H13N5. The van der Waals surface area contributed by atoms with E-state index < -0.39 is 0 Å². The minimum absolute atomic E-state index is 0.535. The van der Waals surface area contributed by atoms with Gasteiger partial charge in [-0.3, -0.25) is 9.38 Å². The molecule has 4 aromatic rings. The normalized spacial score (nSPS) is 11.3. The van der Waals surface area contributed by atoms with Crippen LogP contribution in [0.25, 0.3) is 28.1 Å². The fraction of sp³-hybridized carbons (Fsp3) is 0.0625. The quantitative estimate of drug-likeness (QED) is 0.610. The summed E-state index contributed by atoms with van der Waals surface area (Å²) in [7, 11) is 0. The number of nitrogens with two attached hydrogens (primary N) is 1. The summed E-state index contributed by atoms with van der Waals surface area (Å²) in [5, 5.41) is 8.53. The van der Waals surface area contributed by atoms with E-state index in [2.05, 4.69) is 15.2 Å². The van der Waals surface area contributed by atoms with Gasteiger partial charge in [0.1, 0.15) is 0 Å². The summed E-state index contributed by atoms with van der Waals surface area (Å²) in [6.07, 6.45) is 1.74. The molecule has 0 bridgehead atoms. The second-order valence-corrected chi connectivity index (χ2v) is 4.87. The van der Waals surface area contributed by atoms with Gasteiger partial charge in [0.05, 0.1) is 17.2 Å². The average Bonchev–Trinajstić information content (AvgIpc) is 2.99. The molecule has 0 amide bonds. The first-order valence-corrected chi connectivity index (χ1v) is 6.75. The second kappa shape index (κ2) is 4.64. The van der Waals surface area contributed by atoms with Gasteiger partial charge in [-0.15, -0.1) is 10.2 Å². The molecule has 0 aliphatic rings. The third-order valence-electron chi connectivity index (χ3n) is 3.58. The lowest BCUT2D eigenvalue weighted by Gasteiger charge is -2.05. The van der Waals surface area contributed by atoms with Crippen LogP contribution in [0.5, 0.6) is 0 Å². The highest BCUT2D eigenvalue weighted by Crippen LogP contribution is 2.22. The van der Waals surface area contributed by atoms with Crippen molar-refractivity contribution in [2.45, 2.75) is 6.54 Å². The van der Waals surface area contributed by atoms with Crippen LogP contribution in [-0.4, -0.2) is 19.6 Å². The van der Waals surface area contributed by atoms with Crippen LogP contribution >= 0.6 is 0 Å². The molecule has 2 aromatic heterocycles. The zero-order chi connectivity index (χ0) is 14.2. The highest BCUT2D eigenvalue weighted by atomic mass is 15.3. The monoisotopic (exact) mass is 275 g/mol. The largest absolute Gasteiger partial charge is 0.326 e. The first-order valence-electron chi connectivity index (χ1n) is 6.75. The molecule has 21 heavy (non-hydrogen) atoms. The molecule has 0 spiro atoms. The Kier molecular flexibility index (Phi) is 2.65. The molecule has 0 unspecified atom stereocenters. The van der Waals surface area contributed by atoms with Crippen LogP contribution in [-0.2, 0) is 6.54 Å². The van der Waals surface area contributed by atoms with E-state index in [9.17, 15) is 0 Å². The molecule has 0 saturated carbocycles.